The Morgan fingerprint density at radius 2 is 1.96 bits per heavy atom. The first-order chi connectivity index (χ1) is 11.7. The molecular formula is C20H29ClN2O. The van der Waals surface area contributed by atoms with Gasteiger partial charge in [0.15, 0.2) is 0 Å². The topological polar surface area (TPSA) is 32.3 Å². The van der Waals surface area contributed by atoms with Crippen LogP contribution >= 0.6 is 11.6 Å². The first-order valence-electron chi connectivity index (χ1n) is 9.46. The number of benzene rings is 1. The van der Waals surface area contributed by atoms with Crippen LogP contribution in [0.25, 0.3) is 0 Å². The molecule has 2 aliphatic rings. The minimum Gasteiger partial charge on any atom is -0.356 e. The highest BCUT2D eigenvalue weighted by Gasteiger charge is 2.29. The summed E-state index contributed by atoms with van der Waals surface area (Å²) in [6.45, 7) is 3.20. The van der Waals surface area contributed by atoms with Gasteiger partial charge in [0.25, 0.3) is 0 Å². The number of carbonyl (C=O) groups is 1. The first-order valence-corrected chi connectivity index (χ1v) is 9.84. The Labute approximate surface area is 150 Å². The van der Waals surface area contributed by atoms with Crippen LogP contribution < -0.4 is 5.32 Å². The number of aryl methyl sites for hydroxylation is 1. The predicted octanol–water partition coefficient (Wildman–Crippen LogP) is 4.04. The summed E-state index contributed by atoms with van der Waals surface area (Å²) in [7, 11) is 0. The summed E-state index contributed by atoms with van der Waals surface area (Å²) in [4.78, 5) is 14.8. The van der Waals surface area contributed by atoms with Gasteiger partial charge < -0.3 is 10.2 Å². The van der Waals surface area contributed by atoms with Crippen LogP contribution in [-0.2, 0) is 11.2 Å². The molecule has 1 aromatic rings. The van der Waals surface area contributed by atoms with Crippen molar-refractivity contribution in [2.45, 2.75) is 57.4 Å². The zero-order chi connectivity index (χ0) is 16.8. The Bertz CT molecular complexity index is 542. The van der Waals surface area contributed by atoms with E-state index in [1.165, 1.54) is 45.1 Å². The Morgan fingerprint density at radius 1 is 1.17 bits per heavy atom. The van der Waals surface area contributed by atoms with E-state index in [9.17, 15) is 4.79 Å². The maximum atomic E-state index is 12.1. The fourth-order valence-electron chi connectivity index (χ4n) is 4.10. The van der Waals surface area contributed by atoms with Crippen LogP contribution in [0.15, 0.2) is 24.3 Å². The second-order valence-electron chi connectivity index (χ2n) is 7.34. The Kier molecular flexibility index (Phi) is 6.56. The van der Waals surface area contributed by atoms with Gasteiger partial charge in [0.2, 0.25) is 5.91 Å². The van der Waals surface area contributed by atoms with Gasteiger partial charge in [-0.25, -0.2) is 0 Å². The monoisotopic (exact) mass is 348 g/mol. The molecule has 4 heteroatoms. The molecule has 1 aliphatic carbocycles. The molecule has 0 spiro atoms. The number of hydrogen-bond donors (Lipinski definition) is 1. The molecule has 1 aliphatic heterocycles. The van der Waals surface area contributed by atoms with Gasteiger partial charge in [-0.05, 0) is 49.8 Å². The van der Waals surface area contributed by atoms with Crippen molar-refractivity contribution in [3.05, 3.63) is 34.9 Å². The van der Waals surface area contributed by atoms with Crippen LogP contribution in [0, 0.1) is 5.92 Å². The SMILES string of the molecule is O=C(CCc1ccccc1Cl)NC[C@@H]1CCN(C2CCCCC2)C1. The van der Waals surface area contributed by atoms with Crippen molar-refractivity contribution < 1.29 is 4.79 Å². The fraction of sp³-hybridized carbons (Fsp3) is 0.650. The third-order valence-electron chi connectivity index (χ3n) is 5.58. The lowest BCUT2D eigenvalue weighted by Gasteiger charge is -2.31. The molecule has 1 N–H and O–H groups in total. The molecule has 0 aromatic heterocycles. The lowest BCUT2D eigenvalue weighted by molar-refractivity contribution is -0.121. The second-order valence-corrected chi connectivity index (χ2v) is 7.74. The van der Waals surface area contributed by atoms with E-state index in [4.69, 9.17) is 11.6 Å². The zero-order valence-electron chi connectivity index (χ0n) is 14.5. The van der Waals surface area contributed by atoms with E-state index in [1.54, 1.807) is 0 Å². The van der Waals surface area contributed by atoms with Gasteiger partial charge in [-0.15, -0.1) is 0 Å². The lowest BCUT2D eigenvalue weighted by atomic mass is 9.94. The maximum Gasteiger partial charge on any atom is 0.220 e. The van der Waals surface area contributed by atoms with Crippen LogP contribution in [0.1, 0.15) is 50.5 Å². The van der Waals surface area contributed by atoms with Gasteiger partial charge in [-0.1, -0.05) is 49.1 Å². The first kappa shape index (κ1) is 17.8. The lowest BCUT2D eigenvalue weighted by Crippen LogP contribution is -2.36. The minimum atomic E-state index is 0.144. The number of likely N-dealkylation sites (tertiary alicyclic amines) is 1. The van der Waals surface area contributed by atoms with Crippen LogP contribution in [-0.4, -0.2) is 36.5 Å². The second kappa shape index (κ2) is 8.87. The third kappa shape index (κ3) is 4.97. The summed E-state index contributed by atoms with van der Waals surface area (Å²) in [6, 6.07) is 8.57. The van der Waals surface area contributed by atoms with E-state index in [2.05, 4.69) is 10.2 Å². The van der Waals surface area contributed by atoms with Gasteiger partial charge in [0.05, 0.1) is 0 Å². The van der Waals surface area contributed by atoms with Crippen molar-refractivity contribution in [3.63, 3.8) is 0 Å². The summed E-state index contributed by atoms with van der Waals surface area (Å²) >= 11 is 6.14. The van der Waals surface area contributed by atoms with Crippen molar-refractivity contribution in [1.82, 2.24) is 10.2 Å². The van der Waals surface area contributed by atoms with E-state index in [-0.39, 0.29) is 5.91 Å². The summed E-state index contributed by atoms with van der Waals surface area (Å²) in [5.41, 5.74) is 1.05. The molecule has 3 rings (SSSR count). The van der Waals surface area contributed by atoms with E-state index in [0.717, 1.165) is 29.7 Å². The van der Waals surface area contributed by atoms with E-state index < -0.39 is 0 Å². The van der Waals surface area contributed by atoms with E-state index in [0.29, 0.717) is 18.8 Å². The maximum absolute atomic E-state index is 12.1. The van der Waals surface area contributed by atoms with Crippen molar-refractivity contribution in [2.24, 2.45) is 5.92 Å². The molecule has 1 saturated heterocycles. The highest BCUT2D eigenvalue weighted by atomic mass is 35.5. The summed E-state index contributed by atoms with van der Waals surface area (Å²) < 4.78 is 0. The molecular weight excluding hydrogens is 320 g/mol. The average Bonchev–Trinajstić information content (AvgIpc) is 3.09. The van der Waals surface area contributed by atoms with Crippen molar-refractivity contribution >= 4 is 17.5 Å². The Balaban J connectivity index is 1.35. The van der Waals surface area contributed by atoms with E-state index >= 15 is 0 Å². The van der Waals surface area contributed by atoms with Gasteiger partial charge in [0.1, 0.15) is 0 Å². The van der Waals surface area contributed by atoms with E-state index in [1.807, 2.05) is 24.3 Å². The number of amides is 1. The summed E-state index contributed by atoms with van der Waals surface area (Å²) in [6.07, 6.45) is 9.40. The van der Waals surface area contributed by atoms with Crippen LogP contribution in [0.5, 0.6) is 0 Å². The molecule has 1 atom stereocenters. The number of halogens is 1. The molecule has 3 nitrogen and oxygen atoms in total. The summed E-state index contributed by atoms with van der Waals surface area (Å²) in [5.74, 6) is 0.766. The number of nitrogens with one attached hydrogen (secondary N) is 1. The number of hydrogen-bond acceptors (Lipinski definition) is 2. The van der Waals surface area contributed by atoms with Crippen LogP contribution in [0.3, 0.4) is 0 Å². The molecule has 1 saturated carbocycles. The number of nitrogens with zero attached hydrogens (tertiary/aromatic N) is 1. The third-order valence-corrected chi connectivity index (χ3v) is 5.94. The highest BCUT2D eigenvalue weighted by molar-refractivity contribution is 6.31. The standard InChI is InChI=1S/C20H29ClN2O/c21-19-9-5-4-6-17(19)10-11-20(24)22-14-16-12-13-23(15-16)18-7-2-1-3-8-18/h4-6,9,16,18H,1-3,7-8,10-15H2,(H,22,24)/t16-/m0/s1. The molecule has 0 radical (unpaired) electrons. The molecule has 1 aromatic carbocycles. The molecule has 0 unspecified atom stereocenters. The zero-order valence-corrected chi connectivity index (χ0v) is 15.2. The highest BCUT2D eigenvalue weighted by Crippen LogP contribution is 2.27. The minimum absolute atomic E-state index is 0.144. The molecule has 1 heterocycles. The van der Waals surface area contributed by atoms with Crippen LogP contribution in [0.2, 0.25) is 5.02 Å². The van der Waals surface area contributed by atoms with Crippen molar-refractivity contribution in [2.75, 3.05) is 19.6 Å². The largest absolute Gasteiger partial charge is 0.356 e. The average molecular weight is 349 g/mol. The quantitative estimate of drug-likeness (QED) is 0.841. The van der Waals surface area contributed by atoms with Gasteiger partial charge >= 0.3 is 0 Å². The Morgan fingerprint density at radius 3 is 2.75 bits per heavy atom. The molecule has 2 fully saturated rings. The van der Waals surface area contributed by atoms with Crippen molar-refractivity contribution in [3.8, 4) is 0 Å². The van der Waals surface area contributed by atoms with Crippen molar-refractivity contribution in [1.29, 1.82) is 0 Å². The number of carbonyl (C=O) groups excluding carboxylic acids is 1. The number of rotatable bonds is 6. The normalized spacial score (nSPS) is 22.6. The van der Waals surface area contributed by atoms with Gasteiger partial charge in [-0.3, -0.25) is 4.79 Å². The predicted molar refractivity (Wildman–Crippen MR) is 99.3 cm³/mol. The van der Waals surface area contributed by atoms with Gasteiger partial charge in [-0.2, -0.15) is 0 Å². The molecule has 132 valence electrons. The smallest absolute Gasteiger partial charge is 0.220 e. The van der Waals surface area contributed by atoms with Crippen LogP contribution in [0.4, 0.5) is 0 Å². The Hall–Kier alpha value is -1.06. The molecule has 1 amide bonds. The summed E-state index contributed by atoms with van der Waals surface area (Å²) in [5, 5.41) is 3.88. The van der Waals surface area contributed by atoms with Gasteiger partial charge in [0, 0.05) is 30.6 Å². The molecule has 0 bridgehead atoms. The fourth-order valence-corrected chi connectivity index (χ4v) is 4.33. The molecule has 24 heavy (non-hydrogen) atoms.